The number of aromatic amines is 2. The maximum atomic E-state index is 9.26. The van der Waals surface area contributed by atoms with Crippen LogP contribution in [0.1, 0.15) is 11.1 Å². The zero-order chi connectivity index (χ0) is 19.6. The number of anilines is 3. The van der Waals surface area contributed by atoms with Crippen LogP contribution in [0.15, 0.2) is 67.1 Å². The van der Waals surface area contributed by atoms with E-state index in [1.165, 1.54) is 10.9 Å². The average molecular weight is 379 g/mol. The normalized spacial score (nSPS) is 10.9. The van der Waals surface area contributed by atoms with Gasteiger partial charge in [0.05, 0.1) is 17.3 Å². The van der Waals surface area contributed by atoms with Crippen LogP contribution in [0.5, 0.6) is 0 Å². The molecule has 0 aliphatic rings. The largest absolute Gasteiger partial charge is 0.366 e. The Balaban J connectivity index is 1.36. The Morgan fingerprint density at radius 3 is 2.79 bits per heavy atom. The molecule has 3 heterocycles. The van der Waals surface area contributed by atoms with Gasteiger partial charge in [-0.25, -0.2) is 4.98 Å². The lowest BCUT2D eigenvalue weighted by atomic mass is 10.1. The van der Waals surface area contributed by atoms with Crippen LogP contribution < -0.4 is 10.6 Å². The molecule has 0 unspecified atom stereocenters. The first-order chi connectivity index (χ1) is 14.3. The Morgan fingerprint density at radius 2 is 1.86 bits per heavy atom. The first kappa shape index (κ1) is 16.8. The van der Waals surface area contributed by atoms with Crippen molar-refractivity contribution in [2.75, 3.05) is 10.6 Å². The number of fused-ring (bicyclic) bond motifs is 2. The highest BCUT2D eigenvalue weighted by Gasteiger charge is 2.08. The number of hydrogen-bond acceptors (Lipinski definition) is 5. The molecule has 0 bridgehead atoms. The molecule has 2 aromatic carbocycles. The van der Waals surface area contributed by atoms with E-state index in [0.717, 1.165) is 27.9 Å². The summed E-state index contributed by atoms with van der Waals surface area (Å²) in [7, 11) is 0. The quantitative estimate of drug-likeness (QED) is 0.355. The number of nitriles is 1. The molecule has 0 aliphatic heterocycles. The van der Waals surface area contributed by atoms with Gasteiger partial charge in [0.2, 0.25) is 5.95 Å². The Kier molecular flexibility index (Phi) is 4.07. The molecule has 0 saturated carbocycles. The molecule has 29 heavy (non-hydrogen) atoms. The summed E-state index contributed by atoms with van der Waals surface area (Å²) in [5.74, 6) is 1.19. The van der Waals surface area contributed by atoms with Crippen molar-refractivity contribution >= 4 is 39.3 Å². The third kappa shape index (κ3) is 3.35. The van der Waals surface area contributed by atoms with Crippen molar-refractivity contribution in [2.45, 2.75) is 6.54 Å². The molecule has 7 nitrogen and oxygen atoms in total. The van der Waals surface area contributed by atoms with E-state index in [4.69, 9.17) is 0 Å². The SMILES string of the molecule is N#Cc1cc(Nc2nccc(NCc3ccc4[nH]ccc4c3)n2)c2cc[nH]c2c1. The third-order valence-corrected chi connectivity index (χ3v) is 4.79. The molecule has 3 aromatic heterocycles. The molecule has 0 aliphatic carbocycles. The molecule has 5 aromatic rings. The Bertz CT molecular complexity index is 1360. The molecule has 0 spiro atoms. The van der Waals surface area contributed by atoms with Crippen LogP contribution in [0.3, 0.4) is 0 Å². The van der Waals surface area contributed by atoms with Crippen LogP contribution in [-0.2, 0) is 6.54 Å². The summed E-state index contributed by atoms with van der Waals surface area (Å²) in [6.45, 7) is 0.656. The number of hydrogen-bond donors (Lipinski definition) is 4. The van der Waals surface area contributed by atoms with Crippen molar-refractivity contribution in [1.82, 2.24) is 19.9 Å². The topological polar surface area (TPSA) is 105 Å². The molecular formula is C22H17N7. The van der Waals surface area contributed by atoms with Gasteiger partial charge in [-0.2, -0.15) is 10.2 Å². The van der Waals surface area contributed by atoms with E-state index < -0.39 is 0 Å². The van der Waals surface area contributed by atoms with Gasteiger partial charge in [-0.3, -0.25) is 0 Å². The second-order valence-electron chi connectivity index (χ2n) is 6.72. The van der Waals surface area contributed by atoms with Gasteiger partial charge in [0.25, 0.3) is 0 Å². The number of benzene rings is 2. The summed E-state index contributed by atoms with van der Waals surface area (Å²) in [5, 5.41) is 18.0. The summed E-state index contributed by atoms with van der Waals surface area (Å²) in [6, 6.07) is 17.9. The number of aromatic nitrogens is 4. The summed E-state index contributed by atoms with van der Waals surface area (Å²) in [5.41, 5.74) is 4.53. The van der Waals surface area contributed by atoms with Crippen LogP contribution in [0.25, 0.3) is 21.8 Å². The third-order valence-electron chi connectivity index (χ3n) is 4.79. The second-order valence-corrected chi connectivity index (χ2v) is 6.72. The van der Waals surface area contributed by atoms with Crippen molar-refractivity contribution in [3.63, 3.8) is 0 Å². The number of nitrogens with zero attached hydrogens (tertiary/aromatic N) is 3. The van der Waals surface area contributed by atoms with Gasteiger partial charge >= 0.3 is 0 Å². The van der Waals surface area contributed by atoms with E-state index in [9.17, 15) is 5.26 Å². The van der Waals surface area contributed by atoms with E-state index in [1.54, 1.807) is 12.3 Å². The van der Waals surface area contributed by atoms with Crippen LogP contribution >= 0.6 is 0 Å². The van der Waals surface area contributed by atoms with Gasteiger partial charge in [-0.1, -0.05) is 6.07 Å². The van der Waals surface area contributed by atoms with Gasteiger partial charge in [0.1, 0.15) is 5.82 Å². The molecule has 0 atom stereocenters. The molecule has 0 amide bonds. The highest BCUT2D eigenvalue weighted by atomic mass is 15.1. The fourth-order valence-corrected chi connectivity index (χ4v) is 3.38. The molecule has 5 rings (SSSR count). The molecule has 0 radical (unpaired) electrons. The fraction of sp³-hybridized carbons (Fsp3) is 0.0455. The number of H-pyrrole nitrogens is 2. The Hall–Kier alpha value is -4.31. The van der Waals surface area contributed by atoms with Gasteiger partial charge in [0.15, 0.2) is 0 Å². The minimum atomic E-state index is 0.466. The zero-order valence-corrected chi connectivity index (χ0v) is 15.4. The minimum Gasteiger partial charge on any atom is -0.366 e. The minimum absolute atomic E-state index is 0.466. The highest BCUT2D eigenvalue weighted by molar-refractivity contribution is 5.94. The lowest BCUT2D eigenvalue weighted by molar-refractivity contribution is 1.09. The van der Waals surface area contributed by atoms with Gasteiger partial charge in [0, 0.05) is 41.6 Å². The van der Waals surface area contributed by atoms with E-state index in [-0.39, 0.29) is 0 Å². The first-order valence-corrected chi connectivity index (χ1v) is 9.20. The van der Waals surface area contributed by atoms with Crippen molar-refractivity contribution < 1.29 is 0 Å². The Morgan fingerprint density at radius 1 is 0.966 bits per heavy atom. The maximum absolute atomic E-state index is 9.26. The predicted molar refractivity (Wildman–Crippen MR) is 114 cm³/mol. The Labute approximate surface area is 166 Å². The summed E-state index contributed by atoms with van der Waals surface area (Å²) in [6.07, 6.45) is 5.49. The fourth-order valence-electron chi connectivity index (χ4n) is 3.38. The first-order valence-electron chi connectivity index (χ1n) is 9.20. The van der Waals surface area contributed by atoms with Gasteiger partial charge in [-0.05, 0) is 53.4 Å². The van der Waals surface area contributed by atoms with Crippen LogP contribution in [0.2, 0.25) is 0 Å². The zero-order valence-electron chi connectivity index (χ0n) is 15.4. The van der Waals surface area contributed by atoms with Crippen molar-refractivity contribution in [3.8, 4) is 6.07 Å². The standard InChI is InChI=1S/C22H17N7/c23-12-15-10-19-17(4-7-25-19)20(11-15)28-22-26-8-5-21(29-22)27-13-14-1-2-18-16(9-14)3-6-24-18/h1-11,24-25H,13H2,(H2,26,27,28,29). The van der Waals surface area contributed by atoms with E-state index in [2.05, 4.69) is 60.9 Å². The number of rotatable bonds is 5. The molecule has 7 heteroatoms. The van der Waals surface area contributed by atoms with Crippen molar-refractivity contribution in [1.29, 1.82) is 5.26 Å². The van der Waals surface area contributed by atoms with Crippen LogP contribution in [-0.4, -0.2) is 19.9 Å². The smallest absolute Gasteiger partial charge is 0.229 e. The van der Waals surface area contributed by atoms with E-state index >= 15 is 0 Å². The van der Waals surface area contributed by atoms with Crippen LogP contribution in [0, 0.1) is 11.3 Å². The average Bonchev–Trinajstić information content (AvgIpc) is 3.41. The summed E-state index contributed by atoms with van der Waals surface area (Å²) < 4.78 is 0. The van der Waals surface area contributed by atoms with Crippen molar-refractivity contribution in [2.24, 2.45) is 0 Å². The molecular weight excluding hydrogens is 362 g/mol. The van der Waals surface area contributed by atoms with Crippen molar-refractivity contribution in [3.05, 3.63) is 78.2 Å². The molecule has 140 valence electrons. The van der Waals surface area contributed by atoms with Crippen LogP contribution in [0.4, 0.5) is 17.5 Å². The second kappa shape index (κ2) is 7.02. The summed E-state index contributed by atoms with van der Waals surface area (Å²) in [4.78, 5) is 15.2. The van der Waals surface area contributed by atoms with E-state index in [0.29, 0.717) is 18.1 Å². The van der Waals surface area contributed by atoms with E-state index in [1.807, 2.05) is 30.6 Å². The summed E-state index contributed by atoms with van der Waals surface area (Å²) >= 11 is 0. The molecule has 4 N–H and O–H groups in total. The lowest BCUT2D eigenvalue weighted by Gasteiger charge is -2.10. The predicted octanol–water partition coefficient (Wildman–Crippen LogP) is 4.67. The number of nitrogens with one attached hydrogen (secondary N) is 4. The lowest BCUT2D eigenvalue weighted by Crippen LogP contribution is -2.04. The highest BCUT2D eigenvalue weighted by Crippen LogP contribution is 2.27. The maximum Gasteiger partial charge on any atom is 0.229 e. The molecule has 0 saturated heterocycles. The van der Waals surface area contributed by atoms with Gasteiger partial charge in [-0.15, -0.1) is 0 Å². The monoisotopic (exact) mass is 379 g/mol. The molecule has 0 fully saturated rings. The van der Waals surface area contributed by atoms with Gasteiger partial charge < -0.3 is 20.6 Å².